The van der Waals surface area contributed by atoms with Gasteiger partial charge in [-0.2, -0.15) is 0 Å². The average molecular weight is 243 g/mol. The molecule has 3 heteroatoms. The van der Waals surface area contributed by atoms with E-state index in [-0.39, 0.29) is 5.91 Å². The number of fused-ring (bicyclic) bond motifs is 1. The summed E-state index contributed by atoms with van der Waals surface area (Å²) in [7, 11) is 0. The van der Waals surface area contributed by atoms with Crippen molar-refractivity contribution >= 4 is 16.7 Å². The summed E-state index contributed by atoms with van der Waals surface area (Å²) in [4.78, 5) is 11.6. The largest absolute Gasteiger partial charge is 0.480 e. The molecule has 1 N–H and O–H groups in total. The molecule has 0 fully saturated rings. The summed E-state index contributed by atoms with van der Waals surface area (Å²) in [5, 5.41) is 4.88. The van der Waals surface area contributed by atoms with Gasteiger partial charge in [-0.15, -0.1) is 0 Å². The van der Waals surface area contributed by atoms with Crippen molar-refractivity contribution in [2.45, 2.75) is 20.0 Å². The lowest BCUT2D eigenvalue weighted by Gasteiger charge is -2.15. The molecule has 0 spiro atoms. The van der Waals surface area contributed by atoms with Crippen LogP contribution in [0, 0.1) is 0 Å². The average Bonchev–Trinajstić information content (AvgIpc) is 2.39. The second kappa shape index (κ2) is 5.54. The van der Waals surface area contributed by atoms with Gasteiger partial charge < -0.3 is 10.1 Å². The molecule has 1 atom stereocenters. The van der Waals surface area contributed by atoms with Gasteiger partial charge >= 0.3 is 0 Å². The quantitative estimate of drug-likeness (QED) is 0.896. The molecule has 0 radical (unpaired) electrons. The Bertz CT molecular complexity index is 546. The normalized spacial score (nSPS) is 12.1. The third-order valence-electron chi connectivity index (χ3n) is 2.77. The monoisotopic (exact) mass is 243 g/mol. The van der Waals surface area contributed by atoms with E-state index >= 15 is 0 Å². The fourth-order valence-electron chi connectivity index (χ4n) is 1.86. The minimum Gasteiger partial charge on any atom is -0.480 e. The summed E-state index contributed by atoms with van der Waals surface area (Å²) in [6.07, 6.45) is -0.490. The molecule has 0 aliphatic carbocycles. The molecule has 2 rings (SSSR count). The molecule has 94 valence electrons. The van der Waals surface area contributed by atoms with Crippen LogP contribution in [0.15, 0.2) is 42.5 Å². The van der Waals surface area contributed by atoms with Crippen LogP contribution in [0.25, 0.3) is 10.8 Å². The predicted octanol–water partition coefficient (Wildman–Crippen LogP) is 2.74. The highest BCUT2D eigenvalue weighted by atomic mass is 16.5. The summed E-state index contributed by atoms with van der Waals surface area (Å²) in [5.74, 6) is 0.650. The molecule has 18 heavy (non-hydrogen) atoms. The van der Waals surface area contributed by atoms with Crippen LogP contribution in [-0.4, -0.2) is 18.6 Å². The van der Waals surface area contributed by atoms with Gasteiger partial charge in [-0.25, -0.2) is 0 Å². The van der Waals surface area contributed by atoms with Crippen molar-refractivity contribution in [3.63, 3.8) is 0 Å². The molecule has 0 aromatic heterocycles. The molecule has 0 unspecified atom stereocenters. The standard InChI is InChI=1S/C15H17NO2/c1-3-16-15(17)11(2)18-14-10-6-8-12-7-4-5-9-13(12)14/h4-11H,3H2,1-2H3,(H,16,17)/t11-/m1/s1. The third kappa shape index (κ3) is 2.62. The van der Waals surface area contributed by atoms with Gasteiger partial charge in [-0.3, -0.25) is 4.79 Å². The maximum atomic E-state index is 11.6. The Morgan fingerprint density at radius 3 is 2.72 bits per heavy atom. The van der Waals surface area contributed by atoms with Crippen LogP contribution in [0.5, 0.6) is 5.75 Å². The third-order valence-corrected chi connectivity index (χ3v) is 2.77. The highest BCUT2D eigenvalue weighted by Gasteiger charge is 2.14. The summed E-state index contributed by atoms with van der Waals surface area (Å²) in [6, 6.07) is 13.8. The molecule has 1 amide bonds. The zero-order valence-corrected chi connectivity index (χ0v) is 10.6. The number of ether oxygens (including phenoxy) is 1. The van der Waals surface area contributed by atoms with Crippen molar-refractivity contribution in [2.24, 2.45) is 0 Å². The van der Waals surface area contributed by atoms with E-state index in [4.69, 9.17) is 4.74 Å². The highest BCUT2D eigenvalue weighted by Crippen LogP contribution is 2.25. The van der Waals surface area contributed by atoms with E-state index in [9.17, 15) is 4.79 Å². The first-order valence-corrected chi connectivity index (χ1v) is 6.14. The fourth-order valence-corrected chi connectivity index (χ4v) is 1.86. The first-order chi connectivity index (χ1) is 8.72. The molecule has 0 bridgehead atoms. The molecule has 3 nitrogen and oxygen atoms in total. The van der Waals surface area contributed by atoms with Gasteiger partial charge in [-0.1, -0.05) is 36.4 Å². The highest BCUT2D eigenvalue weighted by molar-refractivity contribution is 5.89. The van der Waals surface area contributed by atoms with Gasteiger partial charge in [0.05, 0.1) is 0 Å². The topological polar surface area (TPSA) is 38.3 Å². The van der Waals surface area contributed by atoms with E-state index in [0.717, 1.165) is 16.5 Å². The van der Waals surface area contributed by atoms with Crippen LogP contribution in [0.2, 0.25) is 0 Å². The molecule has 0 aliphatic heterocycles. The number of nitrogens with one attached hydrogen (secondary N) is 1. The van der Waals surface area contributed by atoms with Crippen molar-refractivity contribution in [1.29, 1.82) is 0 Å². The maximum absolute atomic E-state index is 11.6. The van der Waals surface area contributed by atoms with Gasteiger partial charge in [0.1, 0.15) is 5.75 Å². The first-order valence-electron chi connectivity index (χ1n) is 6.14. The van der Waals surface area contributed by atoms with Crippen molar-refractivity contribution in [3.05, 3.63) is 42.5 Å². The van der Waals surface area contributed by atoms with Crippen LogP contribution < -0.4 is 10.1 Å². The lowest BCUT2D eigenvalue weighted by atomic mass is 10.1. The number of carbonyl (C=O) groups excluding carboxylic acids is 1. The van der Waals surface area contributed by atoms with E-state index in [0.29, 0.717) is 6.54 Å². The number of likely N-dealkylation sites (N-methyl/N-ethyl adjacent to an activating group) is 1. The van der Waals surface area contributed by atoms with Crippen molar-refractivity contribution in [2.75, 3.05) is 6.54 Å². The molecule has 0 heterocycles. The molecule has 0 aliphatic rings. The number of amides is 1. The summed E-state index contributed by atoms with van der Waals surface area (Å²) in [5.41, 5.74) is 0. The van der Waals surface area contributed by atoms with E-state index in [1.807, 2.05) is 49.4 Å². The Labute approximate surface area is 107 Å². The van der Waals surface area contributed by atoms with E-state index in [1.54, 1.807) is 6.92 Å². The predicted molar refractivity (Wildman–Crippen MR) is 72.7 cm³/mol. The lowest BCUT2D eigenvalue weighted by molar-refractivity contribution is -0.127. The lowest BCUT2D eigenvalue weighted by Crippen LogP contribution is -2.36. The number of hydrogen-bond donors (Lipinski definition) is 1. The van der Waals surface area contributed by atoms with Crippen LogP contribution in [0.1, 0.15) is 13.8 Å². The molecule has 2 aromatic rings. The molecular formula is C15H17NO2. The molecule has 2 aromatic carbocycles. The second-order valence-corrected chi connectivity index (χ2v) is 4.13. The number of hydrogen-bond acceptors (Lipinski definition) is 2. The van der Waals surface area contributed by atoms with E-state index < -0.39 is 6.10 Å². The van der Waals surface area contributed by atoms with Crippen molar-refractivity contribution in [3.8, 4) is 5.75 Å². The Morgan fingerprint density at radius 1 is 1.22 bits per heavy atom. The summed E-state index contributed by atoms with van der Waals surface area (Å²) >= 11 is 0. The zero-order chi connectivity index (χ0) is 13.0. The smallest absolute Gasteiger partial charge is 0.260 e. The Hall–Kier alpha value is -2.03. The van der Waals surface area contributed by atoms with Crippen LogP contribution in [-0.2, 0) is 4.79 Å². The van der Waals surface area contributed by atoms with Crippen LogP contribution in [0.4, 0.5) is 0 Å². The Morgan fingerprint density at radius 2 is 1.94 bits per heavy atom. The van der Waals surface area contributed by atoms with E-state index in [2.05, 4.69) is 5.32 Å². The van der Waals surface area contributed by atoms with Gasteiger partial charge in [0, 0.05) is 11.9 Å². The fraction of sp³-hybridized carbons (Fsp3) is 0.267. The Balaban J connectivity index is 2.24. The van der Waals surface area contributed by atoms with Gasteiger partial charge in [0.25, 0.3) is 5.91 Å². The van der Waals surface area contributed by atoms with Gasteiger partial charge in [-0.05, 0) is 25.3 Å². The van der Waals surface area contributed by atoms with Gasteiger partial charge in [0.2, 0.25) is 0 Å². The summed E-state index contributed by atoms with van der Waals surface area (Å²) < 4.78 is 5.73. The number of rotatable bonds is 4. The SMILES string of the molecule is CCNC(=O)[C@@H](C)Oc1cccc2ccccc12. The second-order valence-electron chi connectivity index (χ2n) is 4.13. The van der Waals surface area contributed by atoms with Crippen LogP contribution >= 0.6 is 0 Å². The summed E-state index contributed by atoms with van der Waals surface area (Å²) in [6.45, 7) is 4.26. The van der Waals surface area contributed by atoms with Crippen molar-refractivity contribution in [1.82, 2.24) is 5.32 Å². The van der Waals surface area contributed by atoms with E-state index in [1.165, 1.54) is 0 Å². The number of carbonyl (C=O) groups is 1. The molecular weight excluding hydrogens is 226 g/mol. The zero-order valence-electron chi connectivity index (χ0n) is 10.6. The molecule has 0 saturated heterocycles. The van der Waals surface area contributed by atoms with Gasteiger partial charge in [0.15, 0.2) is 6.10 Å². The minimum atomic E-state index is -0.490. The van der Waals surface area contributed by atoms with Crippen molar-refractivity contribution < 1.29 is 9.53 Å². The first kappa shape index (κ1) is 12.4. The number of benzene rings is 2. The maximum Gasteiger partial charge on any atom is 0.260 e. The Kier molecular flexibility index (Phi) is 3.82. The minimum absolute atomic E-state index is 0.0922. The van der Waals surface area contributed by atoms with Crippen LogP contribution in [0.3, 0.4) is 0 Å². The molecule has 0 saturated carbocycles.